The van der Waals surface area contributed by atoms with Crippen LogP contribution in [0.15, 0.2) is 30.5 Å². The summed E-state index contributed by atoms with van der Waals surface area (Å²) in [7, 11) is 0. The van der Waals surface area contributed by atoms with E-state index in [1.165, 1.54) is 5.06 Å². The van der Waals surface area contributed by atoms with E-state index in [4.69, 9.17) is 0 Å². The molecule has 3 heteroatoms. The number of nitrogens with zero attached hydrogens (tertiary/aromatic N) is 2. The highest BCUT2D eigenvalue weighted by Gasteiger charge is 2.51. The summed E-state index contributed by atoms with van der Waals surface area (Å²) in [6, 6.07) is 8.02. The fraction of sp³-hybridized carbons (Fsp3) is 0.400. The van der Waals surface area contributed by atoms with Gasteiger partial charge in [-0.1, -0.05) is 18.2 Å². The zero-order valence-corrected chi connectivity index (χ0v) is 11.2. The molecule has 0 bridgehead atoms. The van der Waals surface area contributed by atoms with Crippen molar-refractivity contribution in [3.63, 3.8) is 0 Å². The second kappa shape index (κ2) is 3.31. The van der Waals surface area contributed by atoms with Gasteiger partial charge in [0.2, 0.25) is 0 Å². The number of rotatable bonds is 0. The number of fused-ring (bicyclic) bond motifs is 3. The van der Waals surface area contributed by atoms with Crippen LogP contribution in [0.3, 0.4) is 0 Å². The van der Waals surface area contributed by atoms with E-state index < -0.39 is 11.1 Å². The molecule has 0 spiro atoms. The Morgan fingerprint density at radius 1 is 1.06 bits per heavy atom. The topological polar surface area (TPSA) is 36.0 Å². The van der Waals surface area contributed by atoms with E-state index in [1.54, 1.807) is 0 Å². The smallest absolute Gasteiger partial charge is 0.0714 e. The molecule has 0 saturated carbocycles. The quantitative estimate of drug-likeness (QED) is 0.709. The van der Waals surface area contributed by atoms with Crippen molar-refractivity contribution < 1.29 is 5.21 Å². The molecular weight excluding hydrogens is 224 g/mol. The molecule has 0 unspecified atom stereocenters. The average molecular weight is 241 g/mol. The van der Waals surface area contributed by atoms with Crippen molar-refractivity contribution in [2.24, 2.45) is 0 Å². The lowest BCUT2D eigenvalue weighted by Crippen LogP contribution is -2.41. The van der Waals surface area contributed by atoms with Crippen molar-refractivity contribution >= 4 is 10.9 Å². The van der Waals surface area contributed by atoms with Gasteiger partial charge in [-0.15, -0.1) is 10.3 Å². The first-order valence-electron chi connectivity index (χ1n) is 6.23. The van der Waals surface area contributed by atoms with Gasteiger partial charge in [0, 0.05) is 11.6 Å². The van der Waals surface area contributed by atoms with Gasteiger partial charge in [-0.25, -0.2) is 0 Å². The lowest BCUT2D eigenvalue weighted by molar-refractivity contribution is -0.266. The van der Waals surface area contributed by atoms with Crippen LogP contribution < -0.4 is 0 Å². The molecule has 0 amide bonds. The number of pyridine rings is 1. The third-order valence-electron chi connectivity index (χ3n) is 4.06. The molecule has 2 aromatic rings. The Bertz CT molecular complexity index is 631. The van der Waals surface area contributed by atoms with Gasteiger partial charge < -0.3 is 0 Å². The fourth-order valence-corrected chi connectivity index (χ4v) is 3.17. The molecule has 1 aliphatic rings. The highest BCUT2D eigenvalue weighted by Crippen LogP contribution is 2.50. The molecule has 0 aliphatic carbocycles. The second-order valence-corrected chi connectivity index (χ2v) is 5.98. The van der Waals surface area contributed by atoms with Crippen molar-refractivity contribution in [3.8, 4) is 0 Å². The zero-order valence-electron chi connectivity index (χ0n) is 11.2. The summed E-state index contributed by atoms with van der Waals surface area (Å²) >= 11 is 0. The van der Waals surface area contributed by atoms with Gasteiger partial charge in [-0.3, -0.25) is 4.98 Å². The van der Waals surface area contributed by atoms with Crippen LogP contribution in [-0.2, 0) is 16.3 Å². The maximum Gasteiger partial charge on any atom is 0.0714 e. The predicted octanol–water partition coefficient (Wildman–Crippen LogP) is 3.37. The van der Waals surface area contributed by atoms with Crippen LogP contribution in [0.5, 0.6) is 0 Å². The first-order valence-corrected chi connectivity index (χ1v) is 6.23. The summed E-state index contributed by atoms with van der Waals surface area (Å²) in [5.41, 5.74) is 2.08. The third kappa shape index (κ3) is 1.23. The molecule has 0 saturated heterocycles. The molecule has 3 nitrogen and oxygen atoms in total. The number of para-hydroxylation sites is 1. The van der Waals surface area contributed by atoms with Crippen molar-refractivity contribution in [1.29, 1.82) is 0 Å². The third-order valence-corrected chi connectivity index (χ3v) is 4.06. The molecule has 0 fully saturated rings. The van der Waals surface area contributed by atoms with Crippen LogP contribution in [0.4, 0.5) is 0 Å². The Morgan fingerprint density at radius 2 is 1.72 bits per heavy atom. The summed E-state index contributed by atoms with van der Waals surface area (Å²) in [6.45, 7) is 7.90. The summed E-state index contributed by atoms with van der Waals surface area (Å²) in [4.78, 5) is 4.48. The summed E-state index contributed by atoms with van der Waals surface area (Å²) in [5.74, 6) is 0. The zero-order chi connectivity index (χ0) is 13.1. The van der Waals surface area contributed by atoms with Crippen LogP contribution >= 0.6 is 0 Å². The lowest BCUT2D eigenvalue weighted by atomic mass is 9.89. The van der Waals surface area contributed by atoms with Gasteiger partial charge in [0.25, 0.3) is 0 Å². The fourth-order valence-electron chi connectivity index (χ4n) is 3.17. The summed E-state index contributed by atoms with van der Waals surface area (Å²) in [6.07, 6.45) is 1.86. The minimum absolute atomic E-state index is 0.513. The monoisotopic (exact) mass is 241 g/mol. The first-order chi connectivity index (χ1) is 8.37. The highest BCUT2D eigenvalue weighted by molar-refractivity contribution is 5.85. The number of benzene rings is 1. The normalized spacial score (nSPS) is 21.2. The van der Waals surface area contributed by atoms with Crippen LogP contribution in [-0.4, -0.2) is 10.0 Å². The van der Waals surface area contributed by atoms with Crippen molar-refractivity contribution in [2.45, 2.75) is 38.8 Å². The molecule has 3 rings (SSSR count). The second-order valence-electron chi connectivity index (χ2n) is 5.98. The van der Waals surface area contributed by atoms with E-state index >= 15 is 0 Å². The van der Waals surface area contributed by atoms with E-state index in [-0.39, 0.29) is 0 Å². The first kappa shape index (κ1) is 11.6. The molecule has 1 radical (unpaired) electrons. The maximum absolute atomic E-state index is 12.5. The van der Waals surface area contributed by atoms with Crippen LogP contribution in [0.25, 0.3) is 10.9 Å². The molecule has 2 heterocycles. The predicted molar refractivity (Wildman–Crippen MR) is 70.3 cm³/mol. The van der Waals surface area contributed by atoms with Crippen molar-refractivity contribution in [1.82, 2.24) is 10.0 Å². The maximum atomic E-state index is 12.5. The van der Waals surface area contributed by atoms with Crippen molar-refractivity contribution in [3.05, 3.63) is 41.6 Å². The average Bonchev–Trinajstić information content (AvgIpc) is 2.48. The van der Waals surface area contributed by atoms with Gasteiger partial charge in [-0.05, 0) is 44.9 Å². The number of aromatic nitrogens is 1. The molecule has 93 valence electrons. The Hall–Kier alpha value is -1.45. The Kier molecular flexibility index (Phi) is 2.14. The number of hydrogen-bond acceptors (Lipinski definition) is 2. The summed E-state index contributed by atoms with van der Waals surface area (Å²) in [5, 5.41) is 14.8. The molecule has 1 aromatic carbocycles. The standard InChI is InChI=1S/C15H17N2O/c1-14(2)11-9-16-12-8-6-5-7-10(12)13(11)15(3,4)17(14)18/h5-9H,1-4H3. The largest absolute Gasteiger partial charge is 0.256 e. The van der Waals surface area contributed by atoms with Crippen LogP contribution in [0, 0.1) is 0 Å². The van der Waals surface area contributed by atoms with E-state index in [1.807, 2.05) is 52.1 Å². The number of hydroxylamine groups is 2. The molecule has 1 aromatic heterocycles. The van der Waals surface area contributed by atoms with Gasteiger partial charge in [-0.2, -0.15) is 0 Å². The molecular formula is C15H17N2O. The van der Waals surface area contributed by atoms with Gasteiger partial charge in [0.15, 0.2) is 0 Å². The van der Waals surface area contributed by atoms with E-state index in [2.05, 4.69) is 11.1 Å². The minimum Gasteiger partial charge on any atom is -0.256 e. The Balaban J connectivity index is 2.46. The van der Waals surface area contributed by atoms with Gasteiger partial charge in [0.1, 0.15) is 0 Å². The van der Waals surface area contributed by atoms with Crippen LogP contribution in [0.2, 0.25) is 0 Å². The van der Waals surface area contributed by atoms with Gasteiger partial charge >= 0.3 is 0 Å². The van der Waals surface area contributed by atoms with E-state index in [0.29, 0.717) is 0 Å². The molecule has 0 atom stereocenters. The van der Waals surface area contributed by atoms with E-state index in [9.17, 15) is 5.21 Å². The minimum atomic E-state index is -0.518. The molecule has 0 N–H and O–H groups in total. The Morgan fingerprint density at radius 3 is 2.44 bits per heavy atom. The molecule has 18 heavy (non-hydrogen) atoms. The molecule has 1 aliphatic heterocycles. The Labute approximate surface area is 107 Å². The van der Waals surface area contributed by atoms with Crippen LogP contribution in [0.1, 0.15) is 38.8 Å². The van der Waals surface area contributed by atoms with Gasteiger partial charge in [0.05, 0.1) is 16.6 Å². The van der Waals surface area contributed by atoms with E-state index in [0.717, 1.165) is 22.0 Å². The van der Waals surface area contributed by atoms with Crippen molar-refractivity contribution in [2.75, 3.05) is 0 Å². The SMILES string of the molecule is CC1(C)c2cnc3ccccc3c2C(C)(C)N1[O]. The summed E-state index contributed by atoms with van der Waals surface area (Å²) < 4.78 is 0. The highest BCUT2D eigenvalue weighted by atomic mass is 16.5. The number of hydrogen-bond donors (Lipinski definition) is 0. The lowest BCUT2D eigenvalue weighted by Gasteiger charge is -2.32.